The number of hydrogen-bond donors (Lipinski definition) is 1. The lowest BCUT2D eigenvalue weighted by Crippen LogP contribution is -2.32. The fraction of sp³-hybridized carbons (Fsp3) is 0.417. The van der Waals surface area contributed by atoms with Crippen LogP contribution in [0.15, 0.2) is 23.1 Å². The molecule has 2 rings (SSSR count). The van der Waals surface area contributed by atoms with E-state index in [9.17, 15) is 8.42 Å². The van der Waals surface area contributed by atoms with Crippen LogP contribution in [0.5, 0.6) is 0 Å². The average molecular weight is 267 g/mol. The molecule has 2 N–H and O–H groups in total. The summed E-state index contributed by atoms with van der Waals surface area (Å²) in [6.45, 7) is 3.73. The lowest BCUT2D eigenvalue weighted by molar-refractivity contribution is 0.498. The van der Waals surface area contributed by atoms with Crippen LogP contribution in [0.25, 0.3) is 11.0 Å². The number of aromatic nitrogens is 2. The summed E-state index contributed by atoms with van der Waals surface area (Å²) in [5.74, 6) is 0.725. The zero-order valence-corrected chi connectivity index (χ0v) is 11.7. The zero-order valence-electron chi connectivity index (χ0n) is 10.9. The highest BCUT2D eigenvalue weighted by atomic mass is 32.2. The molecule has 1 aromatic heterocycles. The highest BCUT2D eigenvalue weighted by molar-refractivity contribution is 7.90. The molecular formula is C12H17N3O2S. The summed E-state index contributed by atoms with van der Waals surface area (Å²) in [6, 6.07) is 4.93. The molecule has 6 heteroatoms. The Kier molecular flexibility index (Phi) is 2.75. The predicted octanol–water partition coefficient (Wildman–Crippen LogP) is 1.17. The van der Waals surface area contributed by atoms with Crippen LogP contribution in [0, 0.1) is 0 Å². The molecule has 0 aliphatic heterocycles. The molecule has 0 fully saturated rings. The number of benzene rings is 1. The maximum atomic E-state index is 11.5. The Morgan fingerprint density at radius 3 is 2.44 bits per heavy atom. The smallest absolute Gasteiger partial charge is 0.175 e. The molecular weight excluding hydrogens is 250 g/mol. The predicted molar refractivity (Wildman–Crippen MR) is 71.0 cm³/mol. The second kappa shape index (κ2) is 3.80. The lowest BCUT2D eigenvalue weighted by Gasteiger charge is -2.17. The summed E-state index contributed by atoms with van der Waals surface area (Å²) in [6.07, 6.45) is 1.19. The first-order valence-electron chi connectivity index (χ1n) is 5.56. The van der Waals surface area contributed by atoms with Gasteiger partial charge < -0.3 is 10.3 Å². The van der Waals surface area contributed by atoms with E-state index in [4.69, 9.17) is 5.73 Å². The Labute approximate surface area is 107 Å². The van der Waals surface area contributed by atoms with Crippen LogP contribution in [0.2, 0.25) is 0 Å². The van der Waals surface area contributed by atoms with Crippen molar-refractivity contribution >= 4 is 20.9 Å². The van der Waals surface area contributed by atoms with Crippen molar-refractivity contribution in [3.8, 4) is 0 Å². The van der Waals surface area contributed by atoms with E-state index in [1.165, 1.54) is 6.26 Å². The van der Waals surface area contributed by atoms with Crippen molar-refractivity contribution in [1.82, 2.24) is 9.55 Å². The summed E-state index contributed by atoms with van der Waals surface area (Å²) < 4.78 is 24.9. The molecule has 0 spiro atoms. The Bertz CT molecular complexity index is 709. The monoisotopic (exact) mass is 267 g/mol. The second-order valence-electron chi connectivity index (χ2n) is 5.14. The van der Waals surface area contributed by atoms with Crippen molar-refractivity contribution in [2.45, 2.75) is 24.3 Å². The molecule has 1 aromatic carbocycles. The molecule has 0 saturated heterocycles. The Morgan fingerprint density at radius 1 is 1.33 bits per heavy atom. The first kappa shape index (κ1) is 13.0. The molecule has 0 saturated carbocycles. The molecule has 2 aromatic rings. The number of fused-ring (bicyclic) bond motifs is 1. The van der Waals surface area contributed by atoms with Gasteiger partial charge in [0, 0.05) is 13.3 Å². The van der Waals surface area contributed by atoms with Crippen molar-refractivity contribution in [3.05, 3.63) is 24.0 Å². The Balaban J connectivity index is 2.74. The highest BCUT2D eigenvalue weighted by Gasteiger charge is 2.22. The van der Waals surface area contributed by atoms with Gasteiger partial charge in [0.2, 0.25) is 0 Å². The first-order valence-corrected chi connectivity index (χ1v) is 7.46. The van der Waals surface area contributed by atoms with E-state index < -0.39 is 15.4 Å². The first-order chi connectivity index (χ1) is 8.10. The molecule has 0 radical (unpaired) electrons. The van der Waals surface area contributed by atoms with Crippen LogP contribution in [0.3, 0.4) is 0 Å². The van der Waals surface area contributed by atoms with Crippen LogP contribution >= 0.6 is 0 Å². The van der Waals surface area contributed by atoms with E-state index in [0.29, 0.717) is 5.52 Å². The summed E-state index contributed by atoms with van der Waals surface area (Å²) in [4.78, 5) is 4.70. The van der Waals surface area contributed by atoms with E-state index in [1.807, 2.05) is 25.5 Å². The highest BCUT2D eigenvalue weighted by Crippen LogP contribution is 2.24. The van der Waals surface area contributed by atoms with Gasteiger partial charge in [0.05, 0.1) is 21.5 Å². The molecule has 0 aliphatic carbocycles. The van der Waals surface area contributed by atoms with E-state index in [2.05, 4.69) is 4.98 Å². The molecule has 0 atom stereocenters. The normalized spacial score (nSPS) is 13.2. The van der Waals surface area contributed by atoms with E-state index in [1.54, 1.807) is 18.2 Å². The maximum Gasteiger partial charge on any atom is 0.175 e. The minimum Gasteiger partial charge on any atom is -0.330 e. The third-order valence-corrected chi connectivity index (χ3v) is 3.97. The largest absolute Gasteiger partial charge is 0.330 e. The third-order valence-electron chi connectivity index (χ3n) is 2.86. The summed E-state index contributed by atoms with van der Waals surface area (Å²) in [7, 11) is -1.34. The summed E-state index contributed by atoms with van der Waals surface area (Å²) in [5, 5.41) is 0. The van der Waals surface area contributed by atoms with Crippen molar-refractivity contribution < 1.29 is 8.42 Å². The molecule has 98 valence electrons. The SMILES string of the molecule is Cn1c(C(C)(C)N)nc2cc(S(C)(=O)=O)ccc21. The quantitative estimate of drug-likeness (QED) is 0.886. The fourth-order valence-corrected chi connectivity index (χ4v) is 2.63. The molecule has 0 aliphatic rings. The minimum absolute atomic E-state index is 0.273. The number of sulfone groups is 1. The van der Waals surface area contributed by atoms with Gasteiger partial charge in [0.25, 0.3) is 0 Å². The summed E-state index contributed by atoms with van der Waals surface area (Å²) >= 11 is 0. The van der Waals surface area contributed by atoms with Gasteiger partial charge in [-0.15, -0.1) is 0 Å². The molecule has 0 unspecified atom stereocenters. The van der Waals surface area contributed by atoms with E-state index in [-0.39, 0.29) is 4.90 Å². The number of hydrogen-bond acceptors (Lipinski definition) is 4. The van der Waals surface area contributed by atoms with Crippen LogP contribution in [-0.2, 0) is 22.4 Å². The van der Waals surface area contributed by atoms with Gasteiger partial charge in [-0.3, -0.25) is 0 Å². The lowest BCUT2D eigenvalue weighted by atomic mass is 10.1. The zero-order chi connectivity index (χ0) is 13.7. The van der Waals surface area contributed by atoms with E-state index in [0.717, 1.165) is 11.3 Å². The fourth-order valence-electron chi connectivity index (χ4n) is 1.99. The third kappa shape index (κ3) is 2.13. The van der Waals surface area contributed by atoms with Crippen LogP contribution in [-0.4, -0.2) is 24.2 Å². The van der Waals surface area contributed by atoms with Crippen molar-refractivity contribution in [2.75, 3.05) is 6.26 Å². The van der Waals surface area contributed by atoms with Gasteiger partial charge in [-0.05, 0) is 32.0 Å². The van der Waals surface area contributed by atoms with Gasteiger partial charge in [0.1, 0.15) is 5.82 Å². The van der Waals surface area contributed by atoms with Crippen molar-refractivity contribution in [2.24, 2.45) is 12.8 Å². The van der Waals surface area contributed by atoms with Crippen LogP contribution in [0.4, 0.5) is 0 Å². The average Bonchev–Trinajstić information content (AvgIpc) is 2.54. The topological polar surface area (TPSA) is 78.0 Å². The molecule has 0 amide bonds. The number of nitrogens with two attached hydrogens (primary N) is 1. The molecule has 5 nitrogen and oxygen atoms in total. The number of nitrogens with zero attached hydrogens (tertiary/aromatic N) is 2. The van der Waals surface area contributed by atoms with Gasteiger partial charge in [-0.25, -0.2) is 13.4 Å². The van der Waals surface area contributed by atoms with Crippen LogP contribution in [0.1, 0.15) is 19.7 Å². The molecule has 1 heterocycles. The maximum absolute atomic E-state index is 11.5. The Morgan fingerprint density at radius 2 is 1.94 bits per heavy atom. The van der Waals surface area contributed by atoms with E-state index >= 15 is 0 Å². The van der Waals surface area contributed by atoms with Crippen molar-refractivity contribution in [3.63, 3.8) is 0 Å². The molecule has 18 heavy (non-hydrogen) atoms. The Hall–Kier alpha value is -1.40. The second-order valence-corrected chi connectivity index (χ2v) is 7.15. The number of imidazole rings is 1. The number of rotatable bonds is 2. The van der Waals surface area contributed by atoms with Crippen molar-refractivity contribution in [1.29, 1.82) is 0 Å². The van der Waals surface area contributed by atoms with Crippen LogP contribution < -0.4 is 5.73 Å². The minimum atomic E-state index is -3.21. The molecule has 0 bridgehead atoms. The van der Waals surface area contributed by atoms with Gasteiger partial charge in [0.15, 0.2) is 9.84 Å². The standard InChI is InChI=1S/C12H17N3O2S/c1-12(2,13)11-14-9-7-8(18(4,16)17)5-6-10(9)15(11)3/h5-7H,13H2,1-4H3. The van der Waals surface area contributed by atoms with Gasteiger partial charge >= 0.3 is 0 Å². The van der Waals surface area contributed by atoms with Gasteiger partial charge in [-0.2, -0.15) is 0 Å². The number of aryl methyl sites for hydroxylation is 1. The van der Waals surface area contributed by atoms with Gasteiger partial charge in [-0.1, -0.05) is 0 Å². The summed E-state index contributed by atoms with van der Waals surface area (Å²) in [5.41, 5.74) is 6.99.